The van der Waals surface area contributed by atoms with Crippen LogP contribution in [0, 0.1) is 0 Å². The molecule has 0 spiro atoms. The standard InChI is InChI=1S/C27H22ClNO8/c28-20-12-25-24(36-15-37-25)11-18(20)13-29(21(27(32)33)9-16-1-5-19(30)6-2-16)26(31)8-4-17-3-7-22-23(10-17)35-14-34-22/h1-8,10-12,21,30H,9,13-15H2,(H,32,33)/b8-4+/t21-/m0/s1. The topological polar surface area (TPSA) is 115 Å². The zero-order valence-electron chi connectivity index (χ0n) is 19.4. The molecule has 3 aromatic carbocycles. The van der Waals surface area contributed by atoms with E-state index >= 15 is 0 Å². The Balaban J connectivity index is 1.46. The molecule has 5 rings (SSSR count). The minimum atomic E-state index is -1.22. The summed E-state index contributed by atoms with van der Waals surface area (Å²) in [6, 6.07) is 13.4. The second kappa shape index (κ2) is 10.3. The highest BCUT2D eigenvalue weighted by Gasteiger charge is 2.30. The number of aromatic hydroxyl groups is 1. The Morgan fingerprint density at radius 2 is 1.57 bits per heavy atom. The number of carboxylic acid groups (broad SMARTS) is 1. The number of carbonyl (C=O) groups excluding carboxylic acids is 1. The maximum Gasteiger partial charge on any atom is 0.326 e. The summed E-state index contributed by atoms with van der Waals surface area (Å²) in [7, 11) is 0. The van der Waals surface area contributed by atoms with Gasteiger partial charge >= 0.3 is 5.97 Å². The Bertz CT molecular complexity index is 1370. The Morgan fingerprint density at radius 1 is 0.919 bits per heavy atom. The lowest BCUT2D eigenvalue weighted by Gasteiger charge is -2.29. The Kier molecular flexibility index (Phi) is 6.78. The predicted molar refractivity (Wildman–Crippen MR) is 133 cm³/mol. The van der Waals surface area contributed by atoms with Crippen LogP contribution in [0.5, 0.6) is 28.7 Å². The number of hydrogen-bond donors (Lipinski definition) is 2. The molecule has 0 unspecified atom stereocenters. The number of rotatable bonds is 8. The van der Waals surface area contributed by atoms with Gasteiger partial charge in [0.1, 0.15) is 11.8 Å². The van der Waals surface area contributed by atoms with Crippen LogP contribution < -0.4 is 18.9 Å². The van der Waals surface area contributed by atoms with Crippen LogP contribution in [0.3, 0.4) is 0 Å². The third kappa shape index (κ3) is 5.41. The summed E-state index contributed by atoms with van der Waals surface area (Å²) in [5, 5.41) is 20.0. The smallest absolute Gasteiger partial charge is 0.326 e. The second-order valence-electron chi connectivity index (χ2n) is 8.43. The van der Waals surface area contributed by atoms with Gasteiger partial charge in [0, 0.05) is 30.1 Å². The number of phenolic OH excluding ortho intramolecular Hbond substituents is 1. The molecule has 37 heavy (non-hydrogen) atoms. The Labute approximate surface area is 217 Å². The molecule has 2 aliphatic rings. The first-order valence-electron chi connectivity index (χ1n) is 11.3. The Hall–Kier alpha value is -4.37. The van der Waals surface area contributed by atoms with Gasteiger partial charge in [-0.2, -0.15) is 0 Å². The normalized spacial score (nSPS) is 14.1. The number of aliphatic carboxylic acids is 1. The average molecular weight is 524 g/mol. The molecule has 2 heterocycles. The molecule has 0 fully saturated rings. The highest BCUT2D eigenvalue weighted by Crippen LogP contribution is 2.37. The van der Waals surface area contributed by atoms with Gasteiger partial charge in [-0.1, -0.05) is 29.8 Å². The quantitative estimate of drug-likeness (QED) is 0.421. The lowest BCUT2D eigenvalue weighted by molar-refractivity contribution is -0.148. The van der Waals surface area contributed by atoms with Crippen molar-refractivity contribution in [2.24, 2.45) is 0 Å². The first-order chi connectivity index (χ1) is 17.9. The van der Waals surface area contributed by atoms with Gasteiger partial charge in [-0.15, -0.1) is 0 Å². The maximum absolute atomic E-state index is 13.5. The van der Waals surface area contributed by atoms with Crippen molar-refractivity contribution in [3.8, 4) is 28.7 Å². The molecule has 0 saturated carbocycles. The van der Waals surface area contributed by atoms with Crippen molar-refractivity contribution in [2.75, 3.05) is 13.6 Å². The van der Waals surface area contributed by atoms with Crippen LogP contribution in [-0.2, 0) is 22.6 Å². The van der Waals surface area contributed by atoms with Gasteiger partial charge in [-0.3, -0.25) is 4.79 Å². The van der Waals surface area contributed by atoms with E-state index in [2.05, 4.69) is 0 Å². The van der Waals surface area contributed by atoms with E-state index in [1.807, 2.05) is 0 Å². The summed E-state index contributed by atoms with van der Waals surface area (Å²) < 4.78 is 21.5. The molecule has 9 nitrogen and oxygen atoms in total. The number of carbonyl (C=O) groups is 2. The molecule has 3 aromatic rings. The van der Waals surface area contributed by atoms with Gasteiger partial charge in [0.15, 0.2) is 23.0 Å². The number of carboxylic acids is 1. The summed E-state index contributed by atoms with van der Waals surface area (Å²) in [5.41, 5.74) is 1.83. The van der Waals surface area contributed by atoms with Crippen molar-refractivity contribution in [1.82, 2.24) is 4.90 Å². The largest absolute Gasteiger partial charge is 0.508 e. The Morgan fingerprint density at radius 3 is 2.27 bits per heavy atom. The van der Waals surface area contributed by atoms with E-state index in [4.69, 9.17) is 30.5 Å². The lowest BCUT2D eigenvalue weighted by Crippen LogP contribution is -2.45. The van der Waals surface area contributed by atoms with Crippen molar-refractivity contribution in [1.29, 1.82) is 0 Å². The van der Waals surface area contributed by atoms with Crippen LogP contribution in [0.25, 0.3) is 6.08 Å². The maximum atomic E-state index is 13.5. The predicted octanol–water partition coefficient (Wildman–Crippen LogP) is 4.24. The summed E-state index contributed by atoms with van der Waals surface area (Å²) in [6.07, 6.45) is 2.91. The van der Waals surface area contributed by atoms with Gasteiger partial charge in [0.25, 0.3) is 0 Å². The van der Waals surface area contributed by atoms with Gasteiger partial charge in [0.2, 0.25) is 19.5 Å². The monoisotopic (exact) mass is 523 g/mol. The lowest BCUT2D eigenvalue weighted by atomic mass is 10.0. The van der Waals surface area contributed by atoms with E-state index in [-0.39, 0.29) is 32.3 Å². The zero-order chi connectivity index (χ0) is 25.9. The molecule has 1 amide bonds. The minimum absolute atomic E-state index is 0.0153. The van der Waals surface area contributed by atoms with E-state index in [9.17, 15) is 19.8 Å². The van der Waals surface area contributed by atoms with E-state index in [1.165, 1.54) is 23.1 Å². The SMILES string of the molecule is O=C(O)[C@H](Cc1ccc(O)cc1)N(Cc1cc2c(cc1Cl)OCO2)C(=O)/C=C/c1ccc2c(c1)OCO2. The van der Waals surface area contributed by atoms with Crippen molar-refractivity contribution in [3.05, 3.63) is 82.4 Å². The van der Waals surface area contributed by atoms with Gasteiger partial charge in [-0.25, -0.2) is 4.79 Å². The third-order valence-electron chi connectivity index (χ3n) is 6.01. The van der Waals surface area contributed by atoms with Crippen molar-refractivity contribution in [2.45, 2.75) is 19.0 Å². The first kappa shape index (κ1) is 24.3. The molecular formula is C27H22ClNO8. The fourth-order valence-corrected chi connectivity index (χ4v) is 4.29. The van der Waals surface area contributed by atoms with Gasteiger partial charge in [-0.05, 0) is 53.1 Å². The van der Waals surface area contributed by atoms with Crippen LogP contribution >= 0.6 is 11.6 Å². The van der Waals surface area contributed by atoms with Crippen molar-refractivity contribution < 1.29 is 38.7 Å². The fourth-order valence-electron chi connectivity index (χ4n) is 4.07. The van der Waals surface area contributed by atoms with Crippen LogP contribution in [-0.4, -0.2) is 46.6 Å². The van der Waals surface area contributed by atoms with E-state index < -0.39 is 17.9 Å². The summed E-state index contributed by atoms with van der Waals surface area (Å²) in [5.74, 6) is 0.466. The number of nitrogens with zero attached hydrogens (tertiary/aromatic N) is 1. The summed E-state index contributed by atoms with van der Waals surface area (Å²) >= 11 is 6.45. The molecule has 0 bridgehead atoms. The molecule has 2 N–H and O–H groups in total. The molecule has 0 aliphatic carbocycles. The minimum Gasteiger partial charge on any atom is -0.508 e. The number of benzene rings is 3. The molecule has 10 heteroatoms. The number of amides is 1. The zero-order valence-corrected chi connectivity index (χ0v) is 20.2. The number of hydrogen-bond acceptors (Lipinski definition) is 7. The van der Waals surface area contributed by atoms with E-state index in [1.54, 1.807) is 48.5 Å². The fraction of sp³-hybridized carbons (Fsp3) is 0.185. The van der Waals surface area contributed by atoms with Crippen LogP contribution in [0.2, 0.25) is 5.02 Å². The van der Waals surface area contributed by atoms with Crippen molar-refractivity contribution >= 4 is 29.6 Å². The number of halogens is 1. The molecule has 1 atom stereocenters. The molecule has 0 aromatic heterocycles. The van der Waals surface area contributed by atoms with Crippen LogP contribution in [0.15, 0.2) is 60.7 Å². The van der Waals surface area contributed by atoms with Gasteiger partial charge in [0.05, 0.1) is 0 Å². The van der Waals surface area contributed by atoms with E-state index in [0.29, 0.717) is 44.7 Å². The van der Waals surface area contributed by atoms with Crippen LogP contribution in [0.4, 0.5) is 0 Å². The highest BCUT2D eigenvalue weighted by molar-refractivity contribution is 6.31. The van der Waals surface area contributed by atoms with Crippen molar-refractivity contribution in [3.63, 3.8) is 0 Å². The van der Waals surface area contributed by atoms with Crippen LogP contribution in [0.1, 0.15) is 16.7 Å². The molecule has 0 radical (unpaired) electrons. The van der Waals surface area contributed by atoms with E-state index in [0.717, 1.165) is 0 Å². The number of fused-ring (bicyclic) bond motifs is 2. The molecule has 2 aliphatic heterocycles. The summed E-state index contributed by atoms with van der Waals surface area (Å²) in [4.78, 5) is 27.1. The number of ether oxygens (including phenoxy) is 4. The first-order valence-corrected chi connectivity index (χ1v) is 11.7. The number of phenols is 1. The van der Waals surface area contributed by atoms with Gasteiger partial charge < -0.3 is 34.1 Å². The molecular weight excluding hydrogens is 502 g/mol. The molecule has 0 saturated heterocycles. The second-order valence-corrected chi connectivity index (χ2v) is 8.84. The highest BCUT2D eigenvalue weighted by atomic mass is 35.5. The average Bonchev–Trinajstić information content (AvgIpc) is 3.54. The molecule has 190 valence electrons. The summed E-state index contributed by atoms with van der Waals surface area (Å²) in [6.45, 7) is 0.0898. The third-order valence-corrected chi connectivity index (χ3v) is 6.36.